The molecular weight excluding hydrogens is 348 g/mol. The summed E-state index contributed by atoms with van der Waals surface area (Å²) in [7, 11) is 0. The van der Waals surface area contributed by atoms with Gasteiger partial charge in [-0.25, -0.2) is 4.98 Å². The number of aromatic nitrogens is 4. The van der Waals surface area contributed by atoms with Gasteiger partial charge in [-0.05, 0) is 31.0 Å². The highest BCUT2D eigenvalue weighted by Gasteiger charge is 2.30. The van der Waals surface area contributed by atoms with Gasteiger partial charge in [-0.1, -0.05) is 17.3 Å². The molecular formula is C19H14N4O4. The molecule has 1 aliphatic carbocycles. The fourth-order valence-electron chi connectivity index (χ4n) is 3.24. The molecule has 0 amide bonds. The Morgan fingerprint density at radius 3 is 2.81 bits per heavy atom. The second-order valence-corrected chi connectivity index (χ2v) is 6.73. The predicted octanol–water partition coefficient (Wildman–Crippen LogP) is 3.66. The van der Waals surface area contributed by atoms with Gasteiger partial charge < -0.3 is 18.4 Å². The van der Waals surface area contributed by atoms with Crippen molar-refractivity contribution < 1.29 is 18.4 Å². The number of benzene rings is 1. The van der Waals surface area contributed by atoms with Crippen molar-refractivity contribution in [3.05, 3.63) is 48.1 Å². The van der Waals surface area contributed by atoms with E-state index in [0.29, 0.717) is 41.5 Å². The van der Waals surface area contributed by atoms with Crippen molar-refractivity contribution in [3.8, 4) is 23.0 Å². The van der Waals surface area contributed by atoms with E-state index in [1.807, 2.05) is 30.3 Å². The van der Waals surface area contributed by atoms with E-state index in [1.165, 1.54) is 0 Å². The lowest BCUT2D eigenvalue weighted by molar-refractivity contribution is 0.0716. The van der Waals surface area contributed by atoms with Crippen molar-refractivity contribution >= 4 is 11.1 Å². The molecule has 8 heteroatoms. The molecule has 2 aliphatic rings. The number of hydrogen-bond donors (Lipinski definition) is 0. The molecule has 0 N–H and O–H groups in total. The Morgan fingerprint density at radius 2 is 1.93 bits per heavy atom. The second kappa shape index (κ2) is 5.54. The summed E-state index contributed by atoms with van der Waals surface area (Å²) in [5, 5.41) is 13.3. The van der Waals surface area contributed by atoms with E-state index in [0.717, 1.165) is 29.5 Å². The van der Waals surface area contributed by atoms with E-state index in [9.17, 15) is 0 Å². The number of ether oxygens (including phenoxy) is 2. The highest BCUT2D eigenvalue weighted by atomic mass is 16.6. The summed E-state index contributed by atoms with van der Waals surface area (Å²) in [6, 6.07) is 9.44. The number of fused-ring (bicyclic) bond motifs is 2. The fourth-order valence-corrected chi connectivity index (χ4v) is 3.24. The summed E-state index contributed by atoms with van der Waals surface area (Å²) in [6.45, 7) is 0.313. The van der Waals surface area contributed by atoms with Gasteiger partial charge in [0.25, 0.3) is 11.6 Å². The molecule has 1 aromatic carbocycles. The molecule has 1 saturated carbocycles. The molecule has 0 bridgehead atoms. The van der Waals surface area contributed by atoms with Crippen molar-refractivity contribution in [2.75, 3.05) is 6.61 Å². The third-order valence-electron chi connectivity index (χ3n) is 4.79. The zero-order chi connectivity index (χ0) is 17.8. The van der Waals surface area contributed by atoms with E-state index in [4.69, 9.17) is 18.4 Å². The molecule has 1 aliphatic heterocycles. The molecule has 0 spiro atoms. The van der Waals surface area contributed by atoms with Crippen molar-refractivity contribution in [2.24, 2.45) is 0 Å². The molecule has 0 unspecified atom stereocenters. The van der Waals surface area contributed by atoms with Crippen LogP contribution in [-0.4, -0.2) is 26.9 Å². The molecule has 27 heavy (non-hydrogen) atoms. The molecule has 134 valence electrons. The minimum atomic E-state index is -0.449. The molecule has 1 atom stereocenters. The van der Waals surface area contributed by atoms with E-state index in [1.54, 1.807) is 6.20 Å². The van der Waals surface area contributed by atoms with Gasteiger partial charge in [0.1, 0.15) is 6.61 Å². The minimum Gasteiger partial charge on any atom is -0.485 e. The van der Waals surface area contributed by atoms with Gasteiger partial charge in [-0.15, -0.1) is 10.2 Å². The number of hydrogen-bond acceptors (Lipinski definition) is 8. The van der Waals surface area contributed by atoms with Gasteiger partial charge in [0.05, 0.1) is 16.6 Å². The first-order chi connectivity index (χ1) is 13.3. The minimum absolute atomic E-state index is 0.313. The van der Waals surface area contributed by atoms with Gasteiger partial charge in [0.2, 0.25) is 12.0 Å². The van der Waals surface area contributed by atoms with E-state index in [-0.39, 0.29) is 0 Å². The first kappa shape index (κ1) is 14.7. The third kappa shape index (κ3) is 2.44. The summed E-state index contributed by atoms with van der Waals surface area (Å²) in [5.74, 6) is 2.59. The molecule has 1 fully saturated rings. The maximum atomic E-state index is 5.92. The molecule has 4 heterocycles. The Morgan fingerprint density at radius 1 is 1.04 bits per heavy atom. The van der Waals surface area contributed by atoms with Crippen molar-refractivity contribution in [2.45, 2.75) is 24.9 Å². The van der Waals surface area contributed by atoms with Gasteiger partial charge in [0.15, 0.2) is 11.5 Å². The van der Waals surface area contributed by atoms with Crippen LogP contribution in [0, 0.1) is 0 Å². The van der Waals surface area contributed by atoms with E-state index < -0.39 is 6.10 Å². The zero-order valence-electron chi connectivity index (χ0n) is 14.2. The van der Waals surface area contributed by atoms with Gasteiger partial charge >= 0.3 is 0 Å². The lowest BCUT2D eigenvalue weighted by Gasteiger charge is -2.23. The smallest absolute Gasteiger partial charge is 0.260 e. The summed E-state index contributed by atoms with van der Waals surface area (Å²) in [6.07, 6.45) is 3.47. The molecule has 8 nitrogen and oxygen atoms in total. The lowest BCUT2D eigenvalue weighted by Crippen LogP contribution is -2.21. The summed E-state index contributed by atoms with van der Waals surface area (Å²) < 4.78 is 22.8. The fraction of sp³-hybridized carbons (Fsp3) is 0.263. The number of rotatable bonds is 3. The SMILES string of the molecule is c1ccc2c(c1)OC[C@@H](c1nnc(-c3cnc4onc(C5CC5)c4c3)o1)O2. The Hall–Kier alpha value is -3.42. The molecule has 6 rings (SSSR count). The highest BCUT2D eigenvalue weighted by Crippen LogP contribution is 2.42. The van der Waals surface area contributed by atoms with Crippen LogP contribution < -0.4 is 9.47 Å². The summed E-state index contributed by atoms with van der Waals surface area (Å²) in [4.78, 5) is 4.33. The van der Waals surface area contributed by atoms with Crippen LogP contribution in [0.1, 0.15) is 36.4 Å². The van der Waals surface area contributed by atoms with Crippen LogP contribution in [0.3, 0.4) is 0 Å². The summed E-state index contributed by atoms with van der Waals surface area (Å²) >= 11 is 0. The van der Waals surface area contributed by atoms with Crippen LogP contribution in [0.25, 0.3) is 22.6 Å². The Balaban J connectivity index is 1.32. The zero-order valence-corrected chi connectivity index (χ0v) is 14.2. The van der Waals surface area contributed by atoms with E-state index >= 15 is 0 Å². The monoisotopic (exact) mass is 362 g/mol. The van der Waals surface area contributed by atoms with Gasteiger partial charge in [-0.2, -0.15) is 0 Å². The normalized spacial score (nSPS) is 18.7. The Kier molecular flexibility index (Phi) is 3.02. The molecule has 0 saturated heterocycles. The molecule has 4 aromatic rings. The topological polar surface area (TPSA) is 96.3 Å². The number of nitrogens with zero attached hydrogens (tertiary/aromatic N) is 4. The van der Waals surface area contributed by atoms with Crippen molar-refractivity contribution in [3.63, 3.8) is 0 Å². The van der Waals surface area contributed by atoms with Crippen LogP contribution >= 0.6 is 0 Å². The van der Waals surface area contributed by atoms with Gasteiger partial charge in [-0.3, -0.25) is 0 Å². The maximum Gasteiger partial charge on any atom is 0.260 e. The maximum absolute atomic E-state index is 5.92. The third-order valence-corrected chi connectivity index (χ3v) is 4.79. The van der Waals surface area contributed by atoms with Crippen LogP contribution in [0.4, 0.5) is 0 Å². The van der Waals surface area contributed by atoms with Crippen LogP contribution in [0.15, 0.2) is 45.5 Å². The predicted molar refractivity (Wildman–Crippen MR) is 92.4 cm³/mol. The average molecular weight is 362 g/mol. The van der Waals surface area contributed by atoms with Crippen LogP contribution in [-0.2, 0) is 0 Å². The quantitative estimate of drug-likeness (QED) is 0.545. The number of pyridine rings is 1. The van der Waals surface area contributed by atoms with Crippen LogP contribution in [0.5, 0.6) is 11.5 Å². The average Bonchev–Trinajstić information content (AvgIpc) is 3.28. The first-order valence-electron chi connectivity index (χ1n) is 8.83. The molecule has 0 radical (unpaired) electrons. The van der Waals surface area contributed by atoms with Crippen molar-refractivity contribution in [1.82, 2.24) is 20.3 Å². The highest BCUT2D eigenvalue weighted by molar-refractivity contribution is 5.81. The summed E-state index contributed by atoms with van der Waals surface area (Å²) in [5.41, 5.74) is 2.21. The van der Waals surface area contributed by atoms with E-state index in [2.05, 4.69) is 20.3 Å². The van der Waals surface area contributed by atoms with Crippen molar-refractivity contribution in [1.29, 1.82) is 0 Å². The Bertz CT molecular complexity index is 1150. The number of para-hydroxylation sites is 2. The Labute approximate surface area is 153 Å². The largest absolute Gasteiger partial charge is 0.485 e. The lowest BCUT2D eigenvalue weighted by atomic mass is 10.1. The second-order valence-electron chi connectivity index (χ2n) is 6.73. The van der Waals surface area contributed by atoms with Gasteiger partial charge in [0, 0.05) is 12.1 Å². The van der Waals surface area contributed by atoms with Crippen LogP contribution in [0.2, 0.25) is 0 Å². The standard InChI is InChI=1S/C19H14N4O4/c1-2-4-14-13(3-1)24-9-15(25-14)19-22-21-17(26-19)11-7-12-16(10-5-6-10)23-27-18(12)20-8-11/h1-4,7-8,10,15H,5-6,9H2/t15-/m0/s1. The first-order valence-corrected chi connectivity index (χ1v) is 8.83. The molecule has 3 aromatic heterocycles.